The van der Waals surface area contributed by atoms with Crippen molar-refractivity contribution in [3.63, 3.8) is 0 Å². The minimum Gasteiger partial charge on any atom is -0.395 e. The number of likely N-dealkylation sites (N-methyl/N-ethyl adjacent to an activating group) is 1. The van der Waals surface area contributed by atoms with Crippen LogP contribution < -0.4 is 4.90 Å². The summed E-state index contributed by atoms with van der Waals surface area (Å²) in [5, 5.41) is 12.9. The van der Waals surface area contributed by atoms with E-state index in [2.05, 4.69) is 29.2 Å². The maximum atomic E-state index is 12.4. The first-order valence-electron chi connectivity index (χ1n) is 8.67. The van der Waals surface area contributed by atoms with Gasteiger partial charge in [0.1, 0.15) is 4.32 Å². The molecule has 138 valence electrons. The SMILES string of the molecule is CCN1C(=O)C(=CC=C2Sc3c(ccc4ccccc34)N2CCO)SC1=S. The van der Waals surface area contributed by atoms with E-state index in [4.69, 9.17) is 12.2 Å². The van der Waals surface area contributed by atoms with Crippen LogP contribution in [-0.4, -0.2) is 39.9 Å². The van der Waals surface area contributed by atoms with Crippen molar-refractivity contribution in [2.75, 3.05) is 24.6 Å². The lowest BCUT2D eigenvalue weighted by Crippen LogP contribution is -2.27. The summed E-state index contributed by atoms with van der Waals surface area (Å²) < 4.78 is 0.604. The number of rotatable bonds is 4. The lowest BCUT2D eigenvalue weighted by atomic mass is 10.1. The Bertz CT molecular complexity index is 1000. The summed E-state index contributed by atoms with van der Waals surface area (Å²) in [6.07, 6.45) is 3.80. The molecule has 1 amide bonds. The molecule has 2 aliphatic heterocycles. The number of benzene rings is 2. The Morgan fingerprint density at radius 1 is 1.11 bits per heavy atom. The van der Waals surface area contributed by atoms with Crippen LogP contribution in [0.5, 0.6) is 0 Å². The molecule has 1 saturated heterocycles. The number of carbonyl (C=O) groups excluding carboxylic acids is 1. The molecule has 2 aromatic carbocycles. The summed E-state index contributed by atoms with van der Waals surface area (Å²) in [6, 6.07) is 12.5. The molecule has 2 aliphatic rings. The van der Waals surface area contributed by atoms with E-state index in [1.54, 1.807) is 16.7 Å². The molecule has 0 unspecified atom stereocenters. The number of hydrogen-bond donors (Lipinski definition) is 1. The molecule has 1 N–H and O–H groups in total. The average molecular weight is 415 g/mol. The number of nitrogens with zero attached hydrogens (tertiary/aromatic N) is 2. The first-order valence-corrected chi connectivity index (χ1v) is 10.7. The lowest BCUT2D eigenvalue weighted by Gasteiger charge is -2.19. The number of thioether (sulfide) groups is 2. The molecular formula is C20H18N2O2S3. The fraction of sp³-hybridized carbons (Fsp3) is 0.200. The van der Waals surface area contributed by atoms with Gasteiger partial charge in [-0.2, -0.15) is 0 Å². The minimum absolute atomic E-state index is 0.0379. The molecule has 0 aromatic heterocycles. The van der Waals surface area contributed by atoms with Gasteiger partial charge in [0.05, 0.1) is 22.2 Å². The van der Waals surface area contributed by atoms with E-state index in [1.807, 2.05) is 31.2 Å². The number of β-amino-alcohol motifs (C(OH)–C–C–N with tert-alkyl or cyclic N) is 1. The van der Waals surface area contributed by atoms with Crippen LogP contribution in [0, 0.1) is 0 Å². The zero-order chi connectivity index (χ0) is 19.0. The quantitative estimate of drug-likeness (QED) is 0.593. The van der Waals surface area contributed by atoms with Crippen molar-refractivity contribution in [3.8, 4) is 0 Å². The van der Waals surface area contributed by atoms with Crippen LogP contribution >= 0.6 is 35.7 Å². The van der Waals surface area contributed by atoms with Crippen molar-refractivity contribution in [1.82, 2.24) is 4.90 Å². The molecule has 0 aliphatic carbocycles. The van der Waals surface area contributed by atoms with Gasteiger partial charge in [0.2, 0.25) is 0 Å². The van der Waals surface area contributed by atoms with E-state index in [1.165, 1.54) is 27.4 Å². The van der Waals surface area contributed by atoms with E-state index >= 15 is 0 Å². The minimum atomic E-state index is -0.0379. The number of hydrogen-bond acceptors (Lipinski definition) is 6. The second kappa shape index (κ2) is 7.67. The first-order chi connectivity index (χ1) is 13.1. The Balaban J connectivity index is 1.72. The second-order valence-corrected chi connectivity index (χ2v) is 8.77. The van der Waals surface area contributed by atoms with Crippen molar-refractivity contribution >= 4 is 62.4 Å². The van der Waals surface area contributed by atoms with Crippen molar-refractivity contribution in [2.45, 2.75) is 11.8 Å². The summed E-state index contributed by atoms with van der Waals surface area (Å²) in [5.74, 6) is -0.0379. The van der Waals surface area contributed by atoms with Gasteiger partial charge in [0, 0.05) is 18.0 Å². The van der Waals surface area contributed by atoms with E-state index in [0.717, 1.165) is 10.7 Å². The fourth-order valence-electron chi connectivity index (χ4n) is 3.22. The third-order valence-corrected chi connectivity index (χ3v) is 7.11. The number of anilines is 1. The van der Waals surface area contributed by atoms with Crippen molar-refractivity contribution < 1.29 is 9.90 Å². The van der Waals surface area contributed by atoms with Gasteiger partial charge in [0.25, 0.3) is 5.91 Å². The van der Waals surface area contributed by atoms with Crippen LogP contribution in [0.4, 0.5) is 5.69 Å². The molecular weight excluding hydrogens is 396 g/mol. The number of thiocarbonyl (C=S) groups is 1. The van der Waals surface area contributed by atoms with Crippen LogP contribution in [0.3, 0.4) is 0 Å². The predicted octanol–water partition coefficient (Wildman–Crippen LogP) is 4.35. The number of amides is 1. The van der Waals surface area contributed by atoms with Crippen LogP contribution in [-0.2, 0) is 4.79 Å². The van der Waals surface area contributed by atoms with E-state index < -0.39 is 0 Å². The Kier molecular flexibility index (Phi) is 5.27. The molecule has 0 atom stereocenters. The standard InChI is InChI=1S/C20H18N2O2S3/c1-2-21-19(24)16(26-20(21)25)9-10-17-22(11-12-23)15-8-7-13-5-3-4-6-14(13)18(15)27-17/h3-10,23H,2,11-12H2,1H3. The van der Waals surface area contributed by atoms with Crippen molar-refractivity contribution in [2.24, 2.45) is 0 Å². The number of carbonyl (C=O) groups is 1. The van der Waals surface area contributed by atoms with E-state index in [-0.39, 0.29) is 12.5 Å². The van der Waals surface area contributed by atoms with E-state index in [0.29, 0.717) is 22.3 Å². The summed E-state index contributed by atoms with van der Waals surface area (Å²) in [7, 11) is 0. The van der Waals surface area contributed by atoms with Gasteiger partial charge in [-0.1, -0.05) is 66.1 Å². The fourth-order valence-corrected chi connectivity index (χ4v) is 5.77. The van der Waals surface area contributed by atoms with Crippen molar-refractivity contribution in [3.05, 3.63) is 58.5 Å². The molecule has 0 radical (unpaired) electrons. The Morgan fingerprint density at radius 2 is 1.93 bits per heavy atom. The van der Waals surface area contributed by atoms with Crippen LogP contribution in [0.1, 0.15) is 6.92 Å². The highest BCUT2D eigenvalue weighted by Crippen LogP contribution is 2.49. The third kappa shape index (κ3) is 3.29. The van der Waals surface area contributed by atoms with Crippen molar-refractivity contribution in [1.29, 1.82) is 0 Å². The largest absolute Gasteiger partial charge is 0.395 e. The van der Waals surface area contributed by atoms with Gasteiger partial charge in [-0.15, -0.1) is 0 Å². The lowest BCUT2D eigenvalue weighted by molar-refractivity contribution is -0.122. The molecule has 2 aromatic rings. The van der Waals surface area contributed by atoms with Gasteiger partial charge in [-0.3, -0.25) is 9.69 Å². The Hall–Kier alpha value is -1.80. The first kappa shape index (κ1) is 18.6. The van der Waals surface area contributed by atoms with E-state index in [9.17, 15) is 9.90 Å². The zero-order valence-electron chi connectivity index (χ0n) is 14.7. The normalized spacial score (nSPS) is 19.8. The molecule has 0 spiro atoms. The molecule has 1 fully saturated rings. The van der Waals surface area contributed by atoms with Gasteiger partial charge in [-0.25, -0.2) is 0 Å². The number of allylic oxidation sites excluding steroid dienone is 2. The monoisotopic (exact) mass is 414 g/mol. The number of fused-ring (bicyclic) bond motifs is 3. The maximum absolute atomic E-state index is 12.4. The molecule has 27 heavy (non-hydrogen) atoms. The molecule has 4 nitrogen and oxygen atoms in total. The van der Waals surface area contributed by atoms with Crippen LogP contribution in [0.15, 0.2) is 63.4 Å². The molecule has 0 saturated carbocycles. The third-order valence-electron chi connectivity index (χ3n) is 4.51. The van der Waals surface area contributed by atoms with Gasteiger partial charge in [0.15, 0.2) is 0 Å². The number of aliphatic hydroxyl groups excluding tert-OH is 1. The second-order valence-electron chi connectivity index (χ2n) is 6.07. The molecule has 2 heterocycles. The average Bonchev–Trinajstić information content (AvgIpc) is 3.17. The zero-order valence-corrected chi connectivity index (χ0v) is 17.2. The van der Waals surface area contributed by atoms with Gasteiger partial charge >= 0.3 is 0 Å². The van der Waals surface area contributed by atoms with Crippen LogP contribution in [0.2, 0.25) is 0 Å². The molecule has 7 heteroatoms. The maximum Gasteiger partial charge on any atom is 0.266 e. The summed E-state index contributed by atoms with van der Waals surface area (Å²) in [5.41, 5.74) is 1.09. The Morgan fingerprint density at radius 3 is 2.67 bits per heavy atom. The predicted molar refractivity (Wildman–Crippen MR) is 118 cm³/mol. The summed E-state index contributed by atoms with van der Waals surface area (Å²) >= 11 is 8.28. The summed E-state index contributed by atoms with van der Waals surface area (Å²) in [4.78, 5) is 17.9. The highest BCUT2D eigenvalue weighted by molar-refractivity contribution is 8.26. The highest BCUT2D eigenvalue weighted by Gasteiger charge is 2.31. The van der Waals surface area contributed by atoms with Gasteiger partial charge in [-0.05, 0) is 35.9 Å². The molecule has 4 rings (SSSR count). The van der Waals surface area contributed by atoms with Gasteiger partial charge < -0.3 is 10.0 Å². The highest BCUT2D eigenvalue weighted by atomic mass is 32.2. The smallest absolute Gasteiger partial charge is 0.266 e. The number of aliphatic hydroxyl groups is 1. The summed E-state index contributed by atoms with van der Waals surface area (Å²) in [6.45, 7) is 3.07. The topological polar surface area (TPSA) is 43.8 Å². The van der Waals surface area contributed by atoms with Crippen LogP contribution in [0.25, 0.3) is 10.8 Å². The molecule has 0 bridgehead atoms. The Labute approximate surface area is 171 Å².